The average Bonchev–Trinajstić information content (AvgIpc) is 2.84. The Morgan fingerprint density at radius 1 is 0.629 bits per heavy atom. The molecular formula is C34H45N. The van der Waals surface area contributed by atoms with Crippen LogP contribution >= 0.6 is 0 Å². The second-order valence-corrected chi connectivity index (χ2v) is 10.7. The molecule has 186 valence electrons. The smallest absolute Gasteiger partial charge is 0.0467 e. The second kappa shape index (κ2) is 12.1. The number of anilines is 3. The Morgan fingerprint density at radius 3 is 1.46 bits per heavy atom. The van der Waals surface area contributed by atoms with Crippen LogP contribution in [0.3, 0.4) is 0 Å². The van der Waals surface area contributed by atoms with E-state index in [0.29, 0.717) is 0 Å². The fourth-order valence-electron chi connectivity index (χ4n) is 4.03. The van der Waals surface area contributed by atoms with E-state index in [0.717, 1.165) is 17.1 Å². The summed E-state index contributed by atoms with van der Waals surface area (Å²) >= 11 is 0. The minimum absolute atomic E-state index is 0.130. The molecule has 1 nitrogen and oxygen atoms in total. The second-order valence-electron chi connectivity index (χ2n) is 10.7. The van der Waals surface area contributed by atoms with Gasteiger partial charge < -0.3 is 4.90 Å². The molecule has 0 aliphatic carbocycles. The molecule has 0 aliphatic rings. The molecule has 0 fully saturated rings. The first-order chi connectivity index (χ1) is 16.5. The average molecular weight is 468 g/mol. The molecule has 3 aromatic carbocycles. The van der Waals surface area contributed by atoms with Crippen molar-refractivity contribution in [3.8, 4) is 0 Å². The zero-order chi connectivity index (χ0) is 26.2. The van der Waals surface area contributed by atoms with Crippen LogP contribution in [0.1, 0.15) is 85.9 Å². The van der Waals surface area contributed by atoms with E-state index in [9.17, 15) is 0 Å². The van der Waals surface area contributed by atoms with Crippen LogP contribution in [-0.4, -0.2) is 0 Å². The molecule has 0 N–H and O–H groups in total. The van der Waals surface area contributed by atoms with Gasteiger partial charge in [-0.1, -0.05) is 110 Å². The third-order valence-electron chi connectivity index (χ3n) is 6.08. The highest BCUT2D eigenvalue weighted by Crippen LogP contribution is 2.38. The third kappa shape index (κ3) is 7.21. The molecule has 0 amide bonds. The van der Waals surface area contributed by atoms with Gasteiger partial charge in [0.1, 0.15) is 0 Å². The molecule has 0 spiro atoms. The fourth-order valence-corrected chi connectivity index (χ4v) is 4.03. The first-order valence-corrected chi connectivity index (χ1v) is 13.0. The molecule has 3 aromatic rings. The van der Waals surface area contributed by atoms with Crippen molar-refractivity contribution in [2.24, 2.45) is 0 Å². The fraction of sp³-hybridized carbons (Fsp3) is 0.353. The molecular weight excluding hydrogens is 422 g/mol. The molecule has 0 bridgehead atoms. The standard InChI is InChI=1S/C32H39N.C2H6/c1-9-12-24(10-2)25-13-11-14-30(23-25)33(28-19-15-26(16-20-28)31(3,4)5)29-21-17-27(18-22-29)32(6,7)8;1-2/h9-23H,1-8H3;1-2H3/b12-9-,24-10+;. The Bertz CT molecular complexity index is 1060. The van der Waals surface area contributed by atoms with E-state index in [1.54, 1.807) is 0 Å². The van der Waals surface area contributed by atoms with E-state index in [4.69, 9.17) is 0 Å². The first kappa shape index (κ1) is 28.2. The number of hydrogen-bond acceptors (Lipinski definition) is 1. The minimum Gasteiger partial charge on any atom is -0.310 e. The first-order valence-electron chi connectivity index (χ1n) is 13.0. The van der Waals surface area contributed by atoms with Crippen molar-refractivity contribution >= 4 is 22.6 Å². The topological polar surface area (TPSA) is 3.24 Å². The highest BCUT2D eigenvalue weighted by Gasteiger charge is 2.18. The van der Waals surface area contributed by atoms with Gasteiger partial charge in [0, 0.05) is 17.1 Å². The maximum absolute atomic E-state index is 2.35. The van der Waals surface area contributed by atoms with Crippen LogP contribution in [0, 0.1) is 0 Å². The van der Waals surface area contributed by atoms with Crippen molar-refractivity contribution in [2.75, 3.05) is 4.90 Å². The Morgan fingerprint density at radius 2 is 1.09 bits per heavy atom. The van der Waals surface area contributed by atoms with Crippen LogP contribution in [0.25, 0.3) is 5.57 Å². The van der Waals surface area contributed by atoms with Gasteiger partial charge in [-0.2, -0.15) is 0 Å². The Balaban J connectivity index is 0.00000210. The lowest BCUT2D eigenvalue weighted by Crippen LogP contribution is -2.14. The van der Waals surface area contributed by atoms with Crippen molar-refractivity contribution in [1.82, 2.24) is 0 Å². The molecule has 3 rings (SSSR count). The summed E-state index contributed by atoms with van der Waals surface area (Å²) in [7, 11) is 0. The van der Waals surface area contributed by atoms with Crippen molar-refractivity contribution in [3.63, 3.8) is 0 Å². The van der Waals surface area contributed by atoms with E-state index in [1.807, 2.05) is 13.8 Å². The number of hydrogen-bond donors (Lipinski definition) is 0. The molecule has 0 radical (unpaired) electrons. The summed E-state index contributed by atoms with van der Waals surface area (Å²) < 4.78 is 0. The monoisotopic (exact) mass is 467 g/mol. The van der Waals surface area contributed by atoms with E-state index in [1.165, 1.54) is 22.3 Å². The highest BCUT2D eigenvalue weighted by atomic mass is 15.1. The van der Waals surface area contributed by atoms with Gasteiger partial charge >= 0.3 is 0 Å². The van der Waals surface area contributed by atoms with Crippen molar-refractivity contribution in [1.29, 1.82) is 0 Å². The van der Waals surface area contributed by atoms with Gasteiger partial charge in [0.25, 0.3) is 0 Å². The molecule has 35 heavy (non-hydrogen) atoms. The highest BCUT2D eigenvalue weighted by molar-refractivity contribution is 5.81. The normalized spacial score (nSPS) is 12.3. The van der Waals surface area contributed by atoms with Crippen LogP contribution in [0.4, 0.5) is 17.1 Å². The predicted octanol–water partition coefficient (Wildman–Crippen LogP) is 10.8. The van der Waals surface area contributed by atoms with Gasteiger partial charge in [0.2, 0.25) is 0 Å². The van der Waals surface area contributed by atoms with Crippen molar-refractivity contribution in [3.05, 3.63) is 108 Å². The largest absolute Gasteiger partial charge is 0.310 e. The summed E-state index contributed by atoms with van der Waals surface area (Å²) in [6, 6.07) is 26.8. The quantitative estimate of drug-likeness (QED) is 0.337. The van der Waals surface area contributed by atoms with Gasteiger partial charge in [-0.05, 0) is 83.3 Å². The van der Waals surface area contributed by atoms with Gasteiger partial charge in [0.05, 0.1) is 0 Å². The van der Waals surface area contributed by atoms with Crippen LogP contribution in [0.2, 0.25) is 0 Å². The van der Waals surface area contributed by atoms with Gasteiger partial charge in [-0.25, -0.2) is 0 Å². The maximum Gasteiger partial charge on any atom is 0.0467 e. The van der Waals surface area contributed by atoms with Crippen molar-refractivity contribution in [2.45, 2.75) is 80.1 Å². The van der Waals surface area contributed by atoms with Crippen LogP contribution in [0.5, 0.6) is 0 Å². The summed E-state index contributed by atoms with van der Waals surface area (Å²) in [5, 5.41) is 0. The summed E-state index contributed by atoms with van der Waals surface area (Å²) in [5.41, 5.74) is 8.87. The SMILES string of the molecule is C/C=C\C(=C/C)c1cccc(N(c2ccc(C(C)(C)C)cc2)c2ccc(C(C)(C)C)cc2)c1.CC. The zero-order valence-electron chi connectivity index (χ0n) is 23.6. The number of rotatable bonds is 5. The van der Waals surface area contributed by atoms with Crippen molar-refractivity contribution < 1.29 is 0 Å². The molecule has 1 heteroatoms. The summed E-state index contributed by atoms with van der Waals surface area (Å²) in [6.45, 7) is 21.7. The summed E-state index contributed by atoms with van der Waals surface area (Å²) in [4.78, 5) is 2.35. The Kier molecular flexibility index (Phi) is 9.72. The lowest BCUT2D eigenvalue weighted by molar-refractivity contribution is 0.590. The van der Waals surface area contributed by atoms with E-state index >= 15 is 0 Å². The zero-order valence-corrected chi connectivity index (χ0v) is 23.6. The Hall–Kier alpha value is -3.06. The molecule has 0 heterocycles. The molecule has 0 aliphatic heterocycles. The Labute approximate surface area is 215 Å². The third-order valence-corrected chi connectivity index (χ3v) is 6.08. The number of allylic oxidation sites excluding steroid dienone is 4. The summed E-state index contributed by atoms with van der Waals surface area (Å²) in [5.74, 6) is 0. The maximum atomic E-state index is 2.35. The minimum atomic E-state index is 0.130. The van der Waals surface area contributed by atoms with E-state index < -0.39 is 0 Å². The van der Waals surface area contributed by atoms with Gasteiger partial charge in [0.15, 0.2) is 0 Å². The van der Waals surface area contributed by atoms with Gasteiger partial charge in [-0.3, -0.25) is 0 Å². The van der Waals surface area contributed by atoms with E-state index in [-0.39, 0.29) is 10.8 Å². The molecule has 0 atom stereocenters. The molecule has 0 saturated heterocycles. The molecule has 0 aromatic heterocycles. The van der Waals surface area contributed by atoms with Gasteiger partial charge in [-0.15, -0.1) is 0 Å². The lowest BCUT2D eigenvalue weighted by Gasteiger charge is -2.28. The lowest BCUT2D eigenvalue weighted by atomic mass is 9.86. The van der Waals surface area contributed by atoms with Crippen LogP contribution in [0.15, 0.2) is 91.0 Å². The molecule has 0 unspecified atom stereocenters. The van der Waals surface area contributed by atoms with Crippen LogP contribution < -0.4 is 4.90 Å². The number of nitrogens with zero attached hydrogens (tertiary/aromatic N) is 1. The number of benzene rings is 3. The van der Waals surface area contributed by atoms with Crippen LogP contribution in [-0.2, 0) is 10.8 Å². The summed E-state index contributed by atoms with van der Waals surface area (Å²) in [6.07, 6.45) is 6.43. The molecule has 0 saturated carbocycles. The van der Waals surface area contributed by atoms with E-state index in [2.05, 4.69) is 151 Å². The predicted molar refractivity (Wildman–Crippen MR) is 158 cm³/mol.